The summed E-state index contributed by atoms with van der Waals surface area (Å²) in [5.74, 6) is -0.0515. The number of ketones is 1. The molecule has 1 aromatic carbocycles. The van der Waals surface area contributed by atoms with E-state index in [2.05, 4.69) is 20.2 Å². The van der Waals surface area contributed by atoms with Crippen LogP contribution in [0.25, 0.3) is 11.3 Å². The number of halogens is 2. The second kappa shape index (κ2) is 9.39. The summed E-state index contributed by atoms with van der Waals surface area (Å²) in [6, 6.07) is 6.61. The van der Waals surface area contributed by atoms with Crippen LogP contribution < -0.4 is 5.32 Å². The number of amides is 1. The van der Waals surface area contributed by atoms with Crippen molar-refractivity contribution in [3.8, 4) is 11.3 Å². The van der Waals surface area contributed by atoms with E-state index in [1.807, 2.05) is 11.0 Å². The Morgan fingerprint density at radius 3 is 2.63 bits per heavy atom. The van der Waals surface area contributed by atoms with Crippen molar-refractivity contribution in [2.24, 2.45) is 0 Å². The molecule has 158 valence electrons. The Balaban J connectivity index is 1.59. The van der Waals surface area contributed by atoms with E-state index in [1.165, 1.54) is 6.33 Å². The van der Waals surface area contributed by atoms with Crippen LogP contribution in [-0.4, -0.2) is 76.8 Å². The number of nitrogens with one attached hydrogen (secondary N) is 1. The molecule has 0 spiro atoms. The van der Waals surface area contributed by atoms with Gasteiger partial charge in [-0.15, -0.1) is 0 Å². The van der Waals surface area contributed by atoms with E-state index >= 15 is 0 Å². The lowest BCUT2D eigenvalue weighted by Gasteiger charge is -2.33. The van der Waals surface area contributed by atoms with Crippen LogP contribution in [0, 0.1) is 0 Å². The van der Waals surface area contributed by atoms with Gasteiger partial charge in [-0.1, -0.05) is 29.3 Å². The Labute approximate surface area is 185 Å². The molecule has 1 atom stereocenters. The number of rotatable bonds is 6. The summed E-state index contributed by atoms with van der Waals surface area (Å²) < 4.78 is 0. The van der Waals surface area contributed by atoms with Crippen LogP contribution in [0.15, 0.2) is 30.6 Å². The van der Waals surface area contributed by atoms with Gasteiger partial charge in [0.05, 0.1) is 28.3 Å². The van der Waals surface area contributed by atoms with E-state index in [-0.39, 0.29) is 17.7 Å². The van der Waals surface area contributed by atoms with E-state index in [4.69, 9.17) is 23.2 Å². The summed E-state index contributed by atoms with van der Waals surface area (Å²) >= 11 is 12.1. The normalized spacial score (nSPS) is 18.9. The van der Waals surface area contributed by atoms with Crippen LogP contribution in [0.5, 0.6) is 0 Å². The fourth-order valence-electron chi connectivity index (χ4n) is 3.99. The minimum atomic E-state index is -0.338. The predicted octanol–water partition coefficient (Wildman–Crippen LogP) is 2.53. The third kappa shape index (κ3) is 4.81. The number of benzene rings is 1. The molecule has 0 bridgehead atoms. The molecule has 30 heavy (non-hydrogen) atoms. The van der Waals surface area contributed by atoms with Gasteiger partial charge in [-0.25, -0.2) is 9.97 Å². The van der Waals surface area contributed by atoms with Gasteiger partial charge in [0, 0.05) is 25.2 Å². The highest BCUT2D eigenvalue weighted by Gasteiger charge is 2.32. The maximum Gasteiger partial charge on any atom is 0.234 e. The minimum absolute atomic E-state index is 0.00203. The van der Waals surface area contributed by atoms with Crippen molar-refractivity contribution in [2.75, 3.05) is 39.3 Å². The molecule has 0 saturated carbocycles. The van der Waals surface area contributed by atoms with Crippen LogP contribution in [-0.2, 0) is 4.79 Å². The van der Waals surface area contributed by atoms with Crippen LogP contribution >= 0.6 is 23.2 Å². The lowest BCUT2D eigenvalue weighted by molar-refractivity contribution is -0.124. The summed E-state index contributed by atoms with van der Waals surface area (Å²) in [6.45, 7) is 3.92. The zero-order valence-electron chi connectivity index (χ0n) is 16.5. The molecule has 9 heteroatoms. The van der Waals surface area contributed by atoms with Crippen molar-refractivity contribution < 1.29 is 9.59 Å². The fraction of sp³-hybridized carbons (Fsp3) is 0.429. The van der Waals surface area contributed by atoms with Crippen LogP contribution in [0.1, 0.15) is 23.3 Å². The predicted molar refractivity (Wildman–Crippen MR) is 116 cm³/mol. The SMILES string of the molecule is O=C1CN(CC(C(=O)c2cc(-c3ccc(Cl)c(Cl)c3)ncn2)N2CCCC2)CCN1. The van der Waals surface area contributed by atoms with Gasteiger partial charge >= 0.3 is 0 Å². The summed E-state index contributed by atoms with van der Waals surface area (Å²) in [4.78, 5) is 38.1. The first-order valence-electron chi connectivity index (χ1n) is 10.1. The third-order valence-corrected chi connectivity index (χ3v) is 6.31. The number of hydrogen-bond acceptors (Lipinski definition) is 6. The van der Waals surface area contributed by atoms with Gasteiger partial charge < -0.3 is 5.32 Å². The lowest BCUT2D eigenvalue weighted by atomic mass is 10.0. The molecule has 3 heterocycles. The number of nitrogens with zero attached hydrogens (tertiary/aromatic N) is 4. The minimum Gasteiger partial charge on any atom is -0.354 e. The highest BCUT2D eigenvalue weighted by atomic mass is 35.5. The molecule has 0 aliphatic carbocycles. The van der Waals surface area contributed by atoms with Gasteiger partial charge in [0.25, 0.3) is 0 Å². The topological polar surface area (TPSA) is 78.4 Å². The molecule has 1 unspecified atom stereocenters. The number of likely N-dealkylation sites (tertiary alicyclic amines) is 1. The summed E-state index contributed by atoms with van der Waals surface area (Å²) in [7, 11) is 0. The molecule has 1 aromatic heterocycles. The van der Waals surface area contributed by atoms with Gasteiger partial charge in [0.2, 0.25) is 5.91 Å². The lowest BCUT2D eigenvalue weighted by Crippen LogP contribution is -2.54. The van der Waals surface area contributed by atoms with Crippen LogP contribution in [0.2, 0.25) is 10.0 Å². The quantitative estimate of drug-likeness (QED) is 0.685. The first-order valence-corrected chi connectivity index (χ1v) is 10.8. The van der Waals surface area contributed by atoms with E-state index in [1.54, 1.807) is 18.2 Å². The number of aromatic nitrogens is 2. The van der Waals surface area contributed by atoms with Crippen molar-refractivity contribution in [3.05, 3.63) is 46.3 Å². The summed E-state index contributed by atoms with van der Waals surface area (Å²) in [5.41, 5.74) is 1.75. The smallest absolute Gasteiger partial charge is 0.234 e. The Morgan fingerprint density at radius 1 is 1.10 bits per heavy atom. The summed E-state index contributed by atoms with van der Waals surface area (Å²) in [5, 5.41) is 3.72. The number of carbonyl (C=O) groups is 2. The number of hydrogen-bond donors (Lipinski definition) is 1. The summed E-state index contributed by atoms with van der Waals surface area (Å²) in [6.07, 6.45) is 3.55. The first kappa shape index (κ1) is 21.2. The highest BCUT2D eigenvalue weighted by Crippen LogP contribution is 2.28. The second-order valence-corrected chi connectivity index (χ2v) is 8.44. The second-order valence-electron chi connectivity index (χ2n) is 7.63. The monoisotopic (exact) mass is 447 g/mol. The van der Waals surface area contributed by atoms with Crippen molar-refractivity contribution in [1.82, 2.24) is 25.1 Å². The van der Waals surface area contributed by atoms with Crippen molar-refractivity contribution in [2.45, 2.75) is 18.9 Å². The van der Waals surface area contributed by atoms with Crippen molar-refractivity contribution >= 4 is 34.9 Å². The average Bonchev–Trinajstić information content (AvgIpc) is 3.28. The molecule has 0 radical (unpaired) electrons. The molecule has 2 saturated heterocycles. The Morgan fingerprint density at radius 2 is 1.90 bits per heavy atom. The molecule has 4 rings (SSSR count). The van der Waals surface area contributed by atoms with E-state index in [9.17, 15) is 9.59 Å². The molecular formula is C21H23Cl2N5O2. The first-order chi connectivity index (χ1) is 14.5. The molecule has 2 aliphatic heterocycles. The number of carbonyl (C=O) groups excluding carboxylic acids is 2. The molecule has 2 fully saturated rings. The average molecular weight is 448 g/mol. The zero-order valence-corrected chi connectivity index (χ0v) is 18.0. The Bertz CT molecular complexity index is 949. The standard InChI is InChI=1S/C21H23Cl2N5O2/c22-15-4-3-14(9-16(15)23)17-10-18(26-13-25-17)21(30)19(28-6-1-2-7-28)11-27-8-5-24-20(29)12-27/h3-4,9-10,13,19H,1-2,5-8,11-12H2,(H,24,29). The van der Waals surface area contributed by atoms with E-state index in [0.717, 1.165) is 38.0 Å². The molecule has 1 amide bonds. The van der Waals surface area contributed by atoms with Gasteiger partial charge in [-0.2, -0.15) is 0 Å². The maximum atomic E-state index is 13.5. The molecular weight excluding hydrogens is 425 g/mol. The number of piperazine rings is 1. The van der Waals surface area contributed by atoms with Gasteiger partial charge in [-0.3, -0.25) is 19.4 Å². The van der Waals surface area contributed by atoms with Crippen molar-refractivity contribution in [3.63, 3.8) is 0 Å². The van der Waals surface area contributed by atoms with Crippen LogP contribution in [0.4, 0.5) is 0 Å². The van der Waals surface area contributed by atoms with E-state index in [0.29, 0.717) is 41.1 Å². The number of Topliss-reactive ketones (excluding diaryl/α,β-unsaturated/α-hetero) is 1. The largest absolute Gasteiger partial charge is 0.354 e. The third-order valence-electron chi connectivity index (χ3n) is 5.57. The Hall–Kier alpha value is -2.06. The Kier molecular flexibility index (Phi) is 6.63. The highest BCUT2D eigenvalue weighted by molar-refractivity contribution is 6.42. The van der Waals surface area contributed by atoms with Gasteiger partial charge in [0.1, 0.15) is 12.0 Å². The fourth-order valence-corrected chi connectivity index (χ4v) is 4.28. The van der Waals surface area contributed by atoms with E-state index < -0.39 is 0 Å². The van der Waals surface area contributed by atoms with Gasteiger partial charge in [-0.05, 0) is 44.1 Å². The van der Waals surface area contributed by atoms with Crippen LogP contribution in [0.3, 0.4) is 0 Å². The van der Waals surface area contributed by atoms with Crippen molar-refractivity contribution in [1.29, 1.82) is 0 Å². The zero-order chi connectivity index (χ0) is 21.1. The molecule has 7 nitrogen and oxygen atoms in total. The molecule has 2 aromatic rings. The molecule has 2 aliphatic rings. The maximum absolute atomic E-state index is 13.5. The molecule has 1 N–H and O–H groups in total. The van der Waals surface area contributed by atoms with Gasteiger partial charge in [0.15, 0.2) is 5.78 Å².